The fourth-order valence-corrected chi connectivity index (χ4v) is 7.38. The maximum atomic E-state index is 15.0. The first-order valence-corrected chi connectivity index (χ1v) is 17.6. The number of carbonyl (C=O) groups is 2. The highest BCUT2D eigenvalue weighted by molar-refractivity contribution is 7.54. The Morgan fingerprint density at radius 1 is 1.04 bits per heavy atom. The number of rotatable bonds is 19. The van der Waals surface area contributed by atoms with Gasteiger partial charge in [-0.1, -0.05) is 27.7 Å². The zero-order chi connectivity index (χ0) is 34.9. The molecule has 0 amide bonds. The number of aliphatic hydroxyl groups is 1. The summed E-state index contributed by atoms with van der Waals surface area (Å²) in [6.45, 7) is 11.3. The van der Waals surface area contributed by atoms with E-state index in [1.807, 2.05) is 27.7 Å². The molecule has 16 nitrogen and oxygen atoms in total. The molecule has 0 radical (unpaired) electrons. The predicted octanol–water partition coefficient (Wildman–Crippen LogP) is 2.91. The van der Waals surface area contributed by atoms with Crippen LogP contribution in [0, 0.1) is 17.8 Å². The standard InChI is InChI=1S/C29H49FN7O9P/c1-8-42-25-22-24(33-29(31)34-25)37(15-32-22)26-23(18(13-30)21(14-38)45-26)46-47(41,35-19(11-16(4)5)27(39)43-9-2)36-20(12-17(6)7)28(40)44-10-3/h15-21,23,26,38H,8-14H2,1-7H3,(H2,31,33,34)(H2,35,36,41). The number of imidazole rings is 1. The van der Waals surface area contributed by atoms with Crippen LogP contribution in [0.4, 0.5) is 10.3 Å². The molecule has 47 heavy (non-hydrogen) atoms. The summed E-state index contributed by atoms with van der Waals surface area (Å²) >= 11 is 0. The molecule has 0 aromatic carbocycles. The van der Waals surface area contributed by atoms with Crippen LogP contribution in [-0.4, -0.2) is 94.0 Å². The Kier molecular flexibility index (Phi) is 14.3. The fourth-order valence-electron chi connectivity index (χ4n) is 5.34. The van der Waals surface area contributed by atoms with Crippen molar-refractivity contribution in [2.45, 2.75) is 91.8 Å². The number of aromatic nitrogens is 4. The minimum atomic E-state index is -4.51. The van der Waals surface area contributed by atoms with Crippen LogP contribution in [0.1, 0.15) is 67.5 Å². The van der Waals surface area contributed by atoms with Crippen molar-refractivity contribution in [3.63, 3.8) is 0 Å². The largest absolute Gasteiger partial charge is 0.476 e. The first-order chi connectivity index (χ1) is 22.3. The number of ether oxygens (including phenoxy) is 4. The van der Waals surface area contributed by atoms with Crippen LogP contribution >= 0.6 is 7.67 Å². The molecule has 0 spiro atoms. The monoisotopic (exact) mass is 689 g/mol. The highest BCUT2D eigenvalue weighted by atomic mass is 31.2. The number of alkyl halides is 1. The third kappa shape index (κ3) is 9.80. The van der Waals surface area contributed by atoms with E-state index in [9.17, 15) is 19.1 Å². The van der Waals surface area contributed by atoms with Crippen molar-refractivity contribution in [2.75, 3.05) is 38.8 Å². The second kappa shape index (κ2) is 17.4. The summed E-state index contributed by atoms with van der Waals surface area (Å²) in [5.41, 5.74) is 6.33. The molecule has 6 atom stereocenters. The number of halogens is 1. The van der Waals surface area contributed by atoms with Crippen molar-refractivity contribution >= 4 is 36.7 Å². The Hall–Kier alpha value is -2.95. The highest BCUT2D eigenvalue weighted by Crippen LogP contribution is 2.49. The zero-order valence-electron chi connectivity index (χ0n) is 28.1. The van der Waals surface area contributed by atoms with Gasteiger partial charge in [0.2, 0.25) is 11.8 Å². The number of aliphatic hydroxyl groups excluding tert-OH is 1. The molecule has 0 bridgehead atoms. The van der Waals surface area contributed by atoms with Gasteiger partial charge < -0.3 is 29.8 Å². The second-order valence-electron chi connectivity index (χ2n) is 12.0. The van der Waals surface area contributed by atoms with E-state index in [4.69, 9.17) is 29.2 Å². The van der Waals surface area contributed by atoms with Gasteiger partial charge in [0.05, 0.1) is 45.5 Å². The van der Waals surface area contributed by atoms with Gasteiger partial charge in [-0.2, -0.15) is 9.97 Å². The van der Waals surface area contributed by atoms with Gasteiger partial charge in [-0.25, -0.2) is 15.2 Å². The summed E-state index contributed by atoms with van der Waals surface area (Å²) in [7, 11) is -4.51. The van der Waals surface area contributed by atoms with Crippen molar-refractivity contribution in [3.05, 3.63) is 6.33 Å². The second-order valence-corrected chi connectivity index (χ2v) is 13.8. The lowest BCUT2D eigenvalue weighted by Gasteiger charge is -2.33. The number of esters is 2. The van der Waals surface area contributed by atoms with E-state index in [0.717, 1.165) is 0 Å². The first kappa shape index (κ1) is 38.5. The zero-order valence-corrected chi connectivity index (χ0v) is 28.9. The number of nitrogens with one attached hydrogen (secondary N) is 2. The van der Waals surface area contributed by atoms with E-state index >= 15 is 4.57 Å². The van der Waals surface area contributed by atoms with Crippen LogP contribution in [0.5, 0.6) is 5.88 Å². The number of hydrogen-bond acceptors (Lipinski definition) is 13. The molecule has 3 rings (SSSR count). The Balaban J connectivity index is 2.16. The van der Waals surface area contributed by atoms with E-state index in [0.29, 0.717) is 0 Å². The van der Waals surface area contributed by atoms with E-state index in [1.165, 1.54) is 10.9 Å². The normalized spacial score (nSPS) is 22.4. The van der Waals surface area contributed by atoms with Gasteiger partial charge in [0.15, 0.2) is 17.4 Å². The van der Waals surface area contributed by atoms with E-state index < -0.39 is 69.3 Å². The van der Waals surface area contributed by atoms with Crippen LogP contribution < -0.4 is 20.6 Å². The molecule has 18 heteroatoms. The Morgan fingerprint density at radius 3 is 2.09 bits per heavy atom. The van der Waals surface area contributed by atoms with Gasteiger partial charge in [-0.05, 0) is 45.4 Å². The molecule has 1 aliphatic heterocycles. The smallest absolute Gasteiger partial charge is 0.342 e. The van der Waals surface area contributed by atoms with Crippen molar-refractivity contribution in [1.29, 1.82) is 0 Å². The number of anilines is 1. The van der Waals surface area contributed by atoms with E-state index in [1.54, 1.807) is 20.8 Å². The van der Waals surface area contributed by atoms with Crippen LogP contribution in [0.3, 0.4) is 0 Å². The summed E-state index contributed by atoms with van der Waals surface area (Å²) in [5, 5.41) is 15.8. The van der Waals surface area contributed by atoms with Gasteiger partial charge >= 0.3 is 19.6 Å². The molecule has 1 saturated heterocycles. The number of hydrogen-bond donors (Lipinski definition) is 4. The van der Waals surface area contributed by atoms with Crippen molar-refractivity contribution in [1.82, 2.24) is 29.7 Å². The quantitative estimate of drug-likeness (QED) is 0.123. The van der Waals surface area contributed by atoms with E-state index in [-0.39, 0.29) is 67.5 Å². The SMILES string of the molecule is CCOC(=O)C(CC(C)C)NP(=O)(NC(CC(C)C)C(=O)OCC)OC1C(CF)C(CO)OC1n1cnc2c(OCC)nc(N)nc21. The number of carbonyl (C=O) groups excluding carboxylic acids is 2. The summed E-state index contributed by atoms with van der Waals surface area (Å²) in [4.78, 5) is 38.9. The fraction of sp³-hybridized carbons (Fsp3) is 0.759. The molecular formula is C29H49FN7O9P. The molecule has 1 fully saturated rings. The number of nitrogen functional groups attached to an aromatic ring is 1. The van der Waals surface area contributed by atoms with Crippen LogP contribution in [-0.2, 0) is 32.9 Å². The number of fused-ring (bicyclic) bond motifs is 1. The maximum absolute atomic E-state index is 15.0. The van der Waals surface area contributed by atoms with Crippen molar-refractivity contribution in [3.8, 4) is 5.88 Å². The molecule has 1 aliphatic rings. The van der Waals surface area contributed by atoms with Gasteiger partial charge in [0, 0.05) is 5.92 Å². The van der Waals surface area contributed by atoms with Crippen molar-refractivity contribution < 1.29 is 47.1 Å². The third-order valence-corrected chi connectivity index (χ3v) is 9.14. The Bertz CT molecular complexity index is 1340. The summed E-state index contributed by atoms with van der Waals surface area (Å²) in [6, 6.07) is -2.27. The predicted molar refractivity (Wildman–Crippen MR) is 170 cm³/mol. The molecule has 6 unspecified atom stereocenters. The highest BCUT2D eigenvalue weighted by Gasteiger charge is 2.51. The lowest BCUT2D eigenvalue weighted by atomic mass is 10.00. The molecule has 2 aromatic heterocycles. The molecule has 2 aromatic rings. The number of nitrogens with zero attached hydrogens (tertiary/aromatic N) is 4. The number of nitrogens with two attached hydrogens (primary N) is 1. The van der Waals surface area contributed by atoms with Gasteiger partial charge in [0.25, 0.3) is 0 Å². The average molecular weight is 690 g/mol. The first-order valence-electron chi connectivity index (χ1n) is 15.9. The molecule has 266 valence electrons. The minimum Gasteiger partial charge on any atom is -0.476 e. The third-order valence-electron chi connectivity index (χ3n) is 7.29. The van der Waals surface area contributed by atoms with Gasteiger partial charge in [0.1, 0.15) is 18.2 Å². The molecule has 0 saturated carbocycles. The van der Waals surface area contributed by atoms with E-state index in [2.05, 4.69) is 25.1 Å². The maximum Gasteiger partial charge on any atom is 0.342 e. The van der Waals surface area contributed by atoms with Gasteiger partial charge in [-0.15, -0.1) is 0 Å². The van der Waals surface area contributed by atoms with Gasteiger partial charge in [-0.3, -0.25) is 27.6 Å². The molecule has 3 heterocycles. The van der Waals surface area contributed by atoms with Crippen LogP contribution in [0.15, 0.2) is 6.33 Å². The molecule has 0 aliphatic carbocycles. The molecular weight excluding hydrogens is 640 g/mol. The lowest BCUT2D eigenvalue weighted by molar-refractivity contribution is -0.146. The summed E-state index contributed by atoms with van der Waals surface area (Å²) < 4.78 is 59.7. The topological polar surface area (TPSA) is 211 Å². The summed E-state index contributed by atoms with van der Waals surface area (Å²) in [6.07, 6.45) is -2.00. The molecule has 5 N–H and O–H groups in total. The minimum absolute atomic E-state index is 0.0520. The Labute approximate surface area is 274 Å². The average Bonchev–Trinajstić information content (AvgIpc) is 3.56. The summed E-state index contributed by atoms with van der Waals surface area (Å²) in [5.74, 6) is -2.65. The Morgan fingerprint density at radius 2 is 1.62 bits per heavy atom. The lowest BCUT2D eigenvalue weighted by Crippen LogP contribution is -2.47. The van der Waals surface area contributed by atoms with Crippen LogP contribution in [0.2, 0.25) is 0 Å². The van der Waals surface area contributed by atoms with Crippen LogP contribution in [0.25, 0.3) is 11.2 Å². The van der Waals surface area contributed by atoms with Crippen molar-refractivity contribution in [2.24, 2.45) is 17.8 Å².